The minimum Gasteiger partial charge on any atom is -0.354 e. The van der Waals surface area contributed by atoms with Crippen LogP contribution < -0.4 is 5.32 Å². The highest BCUT2D eigenvalue weighted by molar-refractivity contribution is 9.10. The van der Waals surface area contributed by atoms with Crippen LogP contribution in [-0.2, 0) is 22.6 Å². The summed E-state index contributed by atoms with van der Waals surface area (Å²) in [7, 11) is 0. The van der Waals surface area contributed by atoms with Gasteiger partial charge in [0.05, 0.1) is 0 Å². The number of carbonyl (C=O) groups excluding carboxylic acids is 2. The third kappa shape index (κ3) is 8.86. The van der Waals surface area contributed by atoms with E-state index in [1.165, 1.54) is 5.56 Å². The van der Waals surface area contributed by atoms with Crippen molar-refractivity contribution in [2.24, 2.45) is 0 Å². The number of carbonyl (C=O) groups is 2. The van der Waals surface area contributed by atoms with E-state index in [4.69, 9.17) is 0 Å². The van der Waals surface area contributed by atoms with Crippen LogP contribution in [0.15, 0.2) is 88.2 Å². The molecule has 6 heteroatoms. The Morgan fingerprint density at radius 1 is 0.943 bits per heavy atom. The van der Waals surface area contributed by atoms with Crippen LogP contribution >= 0.6 is 27.7 Å². The van der Waals surface area contributed by atoms with Crippen molar-refractivity contribution in [2.75, 3.05) is 12.3 Å². The SMILES string of the molecule is CCCNC(=O)[C@H](Cc1ccccc1)N(Cc1ccc(Br)cc1)C(=O)CCSc1ccc(C)cc1. The highest BCUT2D eigenvalue weighted by Gasteiger charge is 2.30. The van der Waals surface area contributed by atoms with Gasteiger partial charge in [-0.05, 0) is 48.7 Å². The van der Waals surface area contributed by atoms with Gasteiger partial charge in [-0.3, -0.25) is 9.59 Å². The minimum absolute atomic E-state index is 0.0138. The summed E-state index contributed by atoms with van der Waals surface area (Å²) in [5, 5.41) is 3.02. The first-order valence-corrected chi connectivity index (χ1v) is 13.8. The molecule has 0 aliphatic rings. The molecule has 0 fully saturated rings. The van der Waals surface area contributed by atoms with Crippen molar-refractivity contribution in [3.8, 4) is 0 Å². The van der Waals surface area contributed by atoms with Gasteiger partial charge in [0.1, 0.15) is 6.04 Å². The summed E-state index contributed by atoms with van der Waals surface area (Å²) in [4.78, 5) is 29.8. The smallest absolute Gasteiger partial charge is 0.243 e. The van der Waals surface area contributed by atoms with Crippen LogP contribution in [0.2, 0.25) is 0 Å². The summed E-state index contributed by atoms with van der Waals surface area (Å²) >= 11 is 5.15. The van der Waals surface area contributed by atoms with Crippen LogP contribution in [0, 0.1) is 6.92 Å². The van der Waals surface area contributed by atoms with Gasteiger partial charge in [-0.1, -0.05) is 83.0 Å². The topological polar surface area (TPSA) is 49.4 Å². The zero-order valence-electron chi connectivity index (χ0n) is 20.4. The van der Waals surface area contributed by atoms with E-state index in [9.17, 15) is 9.59 Å². The first-order chi connectivity index (χ1) is 17.0. The number of amides is 2. The molecule has 0 spiro atoms. The number of nitrogens with one attached hydrogen (secondary N) is 1. The first kappa shape index (κ1) is 27.0. The Balaban J connectivity index is 1.81. The van der Waals surface area contributed by atoms with E-state index in [0.717, 1.165) is 26.9 Å². The molecule has 3 aromatic rings. The molecule has 0 aromatic heterocycles. The van der Waals surface area contributed by atoms with Gasteiger partial charge < -0.3 is 10.2 Å². The van der Waals surface area contributed by atoms with Crippen LogP contribution in [-0.4, -0.2) is 35.1 Å². The molecule has 1 N–H and O–H groups in total. The summed E-state index contributed by atoms with van der Waals surface area (Å²) in [5.41, 5.74) is 3.24. The van der Waals surface area contributed by atoms with E-state index < -0.39 is 6.04 Å². The Labute approximate surface area is 221 Å². The molecule has 0 aliphatic carbocycles. The lowest BCUT2D eigenvalue weighted by Gasteiger charge is -2.31. The van der Waals surface area contributed by atoms with Crippen molar-refractivity contribution in [3.05, 3.63) is 100 Å². The summed E-state index contributed by atoms with van der Waals surface area (Å²) in [5.74, 6) is 0.542. The molecule has 0 saturated carbocycles. The molecule has 0 unspecified atom stereocenters. The highest BCUT2D eigenvalue weighted by Crippen LogP contribution is 2.22. The molecular weight excluding hydrogens is 520 g/mol. The van der Waals surface area contributed by atoms with Gasteiger partial charge in [0, 0.05) is 41.1 Å². The second-order valence-corrected chi connectivity index (χ2v) is 10.6. The van der Waals surface area contributed by atoms with E-state index in [0.29, 0.717) is 31.7 Å². The fraction of sp³-hybridized carbons (Fsp3) is 0.310. The molecular formula is C29H33BrN2O2S. The fourth-order valence-corrected chi connectivity index (χ4v) is 4.85. The van der Waals surface area contributed by atoms with Gasteiger partial charge in [0.25, 0.3) is 0 Å². The lowest BCUT2D eigenvalue weighted by Crippen LogP contribution is -2.50. The van der Waals surface area contributed by atoms with Crippen LogP contribution in [0.5, 0.6) is 0 Å². The second-order valence-electron chi connectivity index (χ2n) is 8.56. The molecule has 35 heavy (non-hydrogen) atoms. The van der Waals surface area contributed by atoms with Crippen LogP contribution in [0.25, 0.3) is 0 Å². The molecule has 0 heterocycles. The van der Waals surface area contributed by atoms with Crippen LogP contribution in [0.1, 0.15) is 36.5 Å². The number of benzene rings is 3. The molecule has 0 aliphatic heterocycles. The maximum absolute atomic E-state index is 13.6. The predicted molar refractivity (Wildman–Crippen MR) is 148 cm³/mol. The molecule has 3 rings (SSSR count). The maximum atomic E-state index is 13.6. The quantitative estimate of drug-likeness (QED) is 0.264. The van der Waals surface area contributed by atoms with Crippen molar-refractivity contribution in [1.82, 2.24) is 10.2 Å². The van der Waals surface area contributed by atoms with E-state index >= 15 is 0 Å². The van der Waals surface area contributed by atoms with Crippen molar-refractivity contribution in [3.63, 3.8) is 0 Å². The summed E-state index contributed by atoms with van der Waals surface area (Å²) < 4.78 is 0.982. The van der Waals surface area contributed by atoms with Crippen molar-refractivity contribution in [2.45, 2.75) is 50.6 Å². The summed E-state index contributed by atoms with van der Waals surface area (Å²) in [6.07, 6.45) is 1.68. The molecule has 3 aromatic carbocycles. The molecule has 0 bridgehead atoms. The average molecular weight is 554 g/mol. The van der Waals surface area contributed by atoms with E-state index in [1.54, 1.807) is 16.7 Å². The van der Waals surface area contributed by atoms with E-state index in [-0.39, 0.29) is 11.8 Å². The van der Waals surface area contributed by atoms with Crippen LogP contribution in [0.3, 0.4) is 0 Å². The number of halogens is 1. The number of nitrogens with zero attached hydrogens (tertiary/aromatic N) is 1. The molecule has 184 valence electrons. The summed E-state index contributed by atoms with van der Waals surface area (Å²) in [6.45, 7) is 5.07. The van der Waals surface area contributed by atoms with Gasteiger partial charge in [0.15, 0.2) is 0 Å². The number of hydrogen-bond donors (Lipinski definition) is 1. The fourth-order valence-electron chi connectivity index (χ4n) is 3.74. The maximum Gasteiger partial charge on any atom is 0.243 e. The summed E-state index contributed by atoms with van der Waals surface area (Å²) in [6, 6.07) is 25.6. The van der Waals surface area contributed by atoms with E-state index in [2.05, 4.69) is 52.4 Å². The Bertz CT molecular complexity index is 1070. The average Bonchev–Trinajstić information content (AvgIpc) is 2.87. The van der Waals surface area contributed by atoms with Gasteiger partial charge in [-0.2, -0.15) is 0 Å². The second kappa shape index (κ2) is 14.1. The third-order valence-electron chi connectivity index (χ3n) is 5.69. The molecule has 1 atom stereocenters. The largest absolute Gasteiger partial charge is 0.354 e. The third-order valence-corrected chi connectivity index (χ3v) is 7.23. The Kier molecular flexibility index (Phi) is 10.9. The molecule has 4 nitrogen and oxygen atoms in total. The monoisotopic (exact) mass is 552 g/mol. The lowest BCUT2D eigenvalue weighted by molar-refractivity contribution is -0.141. The van der Waals surface area contributed by atoms with Crippen molar-refractivity contribution >= 4 is 39.5 Å². The Hall–Kier alpha value is -2.57. The zero-order chi connectivity index (χ0) is 25.0. The van der Waals surface area contributed by atoms with Gasteiger partial charge in [-0.15, -0.1) is 11.8 Å². The number of rotatable bonds is 12. The van der Waals surface area contributed by atoms with Gasteiger partial charge in [-0.25, -0.2) is 0 Å². The molecule has 0 saturated heterocycles. The van der Waals surface area contributed by atoms with Gasteiger partial charge >= 0.3 is 0 Å². The van der Waals surface area contributed by atoms with Crippen molar-refractivity contribution in [1.29, 1.82) is 0 Å². The molecule has 2 amide bonds. The Morgan fingerprint density at radius 2 is 1.63 bits per heavy atom. The molecule has 0 radical (unpaired) electrons. The normalized spacial score (nSPS) is 11.6. The number of aryl methyl sites for hydroxylation is 1. The van der Waals surface area contributed by atoms with Crippen LogP contribution in [0.4, 0.5) is 0 Å². The minimum atomic E-state index is -0.579. The van der Waals surface area contributed by atoms with Crippen molar-refractivity contribution < 1.29 is 9.59 Å². The highest BCUT2D eigenvalue weighted by atomic mass is 79.9. The first-order valence-electron chi connectivity index (χ1n) is 12.0. The number of hydrogen-bond acceptors (Lipinski definition) is 3. The predicted octanol–water partition coefficient (Wildman–Crippen LogP) is 6.41. The Morgan fingerprint density at radius 3 is 2.29 bits per heavy atom. The standard InChI is InChI=1S/C29H33BrN2O2S/c1-3-18-31-29(34)27(20-23-7-5-4-6-8-23)32(21-24-11-13-25(30)14-12-24)28(33)17-19-35-26-15-9-22(2)10-16-26/h4-16,27H,3,17-21H2,1-2H3,(H,31,34)/t27-/m0/s1. The van der Waals surface area contributed by atoms with Gasteiger partial charge in [0.2, 0.25) is 11.8 Å². The lowest BCUT2D eigenvalue weighted by atomic mass is 10.0. The number of thioether (sulfide) groups is 1. The zero-order valence-corrected chi connectivity index (χ0v) is 22.8. The van der Waals surface area contributed by atoms with E-state index in [1.807, 2.05) is 61.5 Å².